The number of hydrogen-bond donors (Lipinski definition) is 1. The van der Waals surface area contributed by atoms with E-state index in [9.17, 15) is 9.59 Å². The highest BCUT2D eigenvalue weighted by Gasteiger charge is 2.28. The number of carbonyl (C=O) groups excluding carboxylic acids is 2. The van der Waals surface area contributed by atoms with Crippen LogP contribution in [-0.4, -0.2) is 34.6 Å². The Balaban J connectivity index is 1.64. The Bertz CT molecular complexity index is 870. The summed E-state index contributed by atoms with van der Waals surface area (Å²) >= 11 is 11.0. The number of nitrogens with zero attached hydrogens (tertiary/aromatic N) is 1. The zero-order valence-electron chi connectivity index (χ0n) is 17.7. The zero-order chi connectivity index (χ0) is 22.2. The van der Waals surface area contributed by atoms with Crippen LogP contribution in [0.4, 0.5) is 0 Å². The molecule has 31 heavy (non-hydrogen) atoms. The summed E-state index contributed by atoms with van der Waals surface area (Å²) in [4.78, 5) is 27.7. The lowest BCUT2D eigenvalue weighted by atomic mass is 10.1. The van der Waals surface area contributed by atoms with Crippen molar-refractivity contribution < 1.29 is 9.59 Å². The van der Waals surface area contributed by atoms with Crippen molar-refractivity contribution in [2.45, 2.75) is 57.0 Å². The van der Waals surface area contributed by atoms with Crippen LogP contribution in [0.1, 0.15) is 43.7 Å². The van der Waals surface area contributed by atoms with Crippen molar-refractivity contribution in [3.8, 4) is 0 Å². The Labute approximate surface area is 202 Å². The van der Waals surface area contributed by atoms with Crippen LogP contribution in [0.2, 0.25) is 5.02 Å². The molecule has 0 bridgehead atoms. The first-order chi connectivity index (χ1) is 14.9. The summed E-state index contributed by atoms with van der Waals surface area (Å²) in [5, 5.41) is 3.78. The summed E-state index contributed by atoms with van der Waals surface area (Å²) in [6.45, 7) is 2.20. The molecule has 7 heteroatoms. The SMILES string of the molecule is C[C@@H](C(=O)NC1CCCC1)N(Cc1ccc(Cl)cc1)C(=O)CSCc1ccc(Br)cc1. The molecule has 0 heterocycles. The molecule has 4 nitrogen and oxygen atoms in total. The lowest BCUT2D eigenvalue weighted by molar-refractivity contribution is -0.138. The van der Waals surface area contributed by atoms with E-state index in [0.717, 1.165) is 47.0 Å². The largest absolute Gasteiger partial charge is 0.352 e. The smallest absolute Gasteiger partial charge is 0.242 e. The predicted octanol–water partition coefficient (Wildman–Crippen LogP) is 5.81. The van der Waals surface area contributed by atoms with Gasteiger partial charge in [-0.05, 0) is 55.2 Å². The van der Waals surface area contributed by atoms with Gasteiger partial charge in [0.05, 0.1) is 5.75 Å². The average Bonchev–Trinajstić information content (AvgIpc) is 3.27. The molecule has 0 saturated heterocycles. The second-order valence-electron chi connectivity index (χ2n) is 7.93. The van der Waals surface area contributed by atoms with Gasteiger partial charge in [-0.1, -0.05) is 64.6 Å². The lowest BCUT2D eigenvalue weighted by Crippen LogP contribution is -2.50. The number of benzene rings is 2. The fourth-order valence-corrected chi connectivity index (χ4v) is 4.94. The van der Waals surface area contributed by atoms with Crippen molar-refractivity contribution in [2.24, 2.45) is 0 Å². The Morgan fingerprint density at radius 3 is 2.35 bits per heavy atom. The molecular weight excluding hydrogens is 496 g/mol. The Kier molecular flexibility index (Phi) is 9.30. The maximum Gasteiger partial charge on any atom is 0.242 e. The molecule has 0 radical (unpaired) electrons. The summed E-state index contributed by atoms with van der Waals surface area (Å²) < 4.78 is 1.04. The van der Waals surface area contributed by atoms with E-state index in [2.05, 4.69) is 21.2 Å². The number of nitrogens with one attached hydrogen (secondary N) is 1. The Hall–Kier alpha value is -1.50. The van der Waals surface area contributed by atoms with Crippen LogP contribution in [-0.2, 0) is 21.9 Å². The minimum absolute atomic E-state index is 0.0360. The van der Waals surface area contributed by atoms with Crippen LogP contribution in [0.15, 0.2) is 53.0 Å². The molecule has 1 atom stereocenters. The maximum absolute atomic E-state index is 13.1. The first-order valence-corrected chi connectivity index (χ1v) is 12.9. The van der Waals surface area contributed by atoms with Crippen LogP contribution < -0.4 is 5.32 Å². The summed E-state index contributed by atoms with van der Waals surface area (Å²) in [7, 11) is 0. The summed E-state index contributed by atoms with van der Waals surface area (Å²) in [6.07, 6.45) is 4.35. The molecule has 1 saturated carbocycles. The summed E-state index contributed by atoms with van der Waals surface area (Å²) in [6, 6.07) is 15.2. The molecule has 0 unspecified atom stereocenters. The number of halogens is 2. The third-order valence-electron chi connectivity index (χ3n) is 5.54. The second-order valence-corrected chi connectivity index (χ2v) is 10.3. The molecule has 1 aliphatic rings. The van der Waals surface area contributed by atoms with Crippen LogP contribution in [0.5, 0.6) is 0 Å². The van der Waals surface area contributed by atoms with E-state index in [1.807, 2.05) is 55.5 Å². The van der Waals surface area contributed by atoms with Gasteiger partial charge in [-0.25, -0.2) is 0 Å². The van der Waals surface area contributed by atoms with E-state index >= 15 is 0 Å². The van der Waals surface area contributed by atoms with E-state index in [-0.39, 0.29) is 17.9 Å². The van der Waals surface area contributed by atoms with Crippen molar-refractivity contribution in [2.75, 3.05) is 5.75 Å². The number of amides is 2. The standard InChI is InChI=1S/C24H28BrClN2O2S/c1-17(24(30)27-22-4-2-3-5-22)28(14-18-8-12-21(26)13-9-18)23(29)16-31-15-19-6-10-20(25)11-7-19/h6-13,17,22H,2-5,14-16H2,1H3,(H,27,30)/t17-/m0/s1. The van der Waals surface area contributed by atoms with Gasteiger partial charge in [0, 0.05) is 27.8 Å². The first kappa shape index (κ1) is 24.1. The fourth-order valence-electron chi connectivity index (χ4n) is 3.68. The predicted molar refractivity (Wildman–Crippen MR) is 132 cm³/mol. The number of carbonyl (C=O) groups is 2. The molecule has 166 valence electrons. The number of rotatable bonds is 9. The molecule has 1 aliphatic carbocycles. The molecule has 3 rings (SSSR count). The Morgan fingerprint density at radius 1 is 1.10 bits per heavy atom. The van der Waals surface area contributed by atoms with Gasteiger partial charge in [-0.2, -0.15) is 0 Å². The van der Waals surface area contributed by atoms with Gasteiger partial charge in [0.2, 0.25) is 11.8 Å². The molecule has 2 aromatic carbocycles. The molecule has 2 aromatic rings. The molecule has 1 fully saturated rings. The minimum Gasteiger partial charge on any atom is -0.352 e. The second kappa shape index (κ2) is 11.9. The van der Waals surface area contributed by atoms with Gasteiger partial charge < -0.3 is 10.2 Å². The van der Waals surface area contributed by atoms with E-state index in [0.29, 0.717) is 17.3 Å². The molecular formula is C24H28BrClN2O2S. The monoisotopic (exact) mass is 522 g/mol. The fraction of sp³-hybridized carbons (Fsp3) is 0.417. The molecule has 1 N–H and O–H groups in total. The van der Waals surface area contributed by atoms with Gasteiger partial charge in [0.25, 0.3) is 0 Å². The average molecular weight is 524 g/mol. The van der Waals surface area contributed by atoms with Crippen molar-refractivity contribution in [1.29, 1.82) is 0 Å². The maximum atomic E-state index is 13.1. The van der Waals surface area contributed by atoms with E-state index < -0.39 is 6.04 Å². The quantitative estimate of drug-likeness (QED) is 0.451. The third-order valence-corrected chi connectivity index (χ3v) is 7.31. The van der Waals surface area contributed by atoms with E-state index in [4.69, 9.17) is 11.6 Å². The first-order valence-electron chi connectivity index (χ1n) is 10.6. The molecule has 0 aliphatic heterocycles. The van der Waals surface area contributed by atoms with Crippen LogP contribution in [0, 0.1) is 0 Å². The third kappa shape index (κ3) is 7.55. The zero-order valence-corrected chi connectivity index (χ0v) is 20.8. The summed E-state index contributed by atoms with van der Waals surface area (Å²) in [5.74, 6) is 0.958. The van der Waals surface area contributed by atoms with E-state index in [1.165, 1.54) is 0 Å². The van der Waals surface area contributed by atoms with Gasteiger partial charge in [0.15, 0.2) is 0 Å². The van der Waals surface area contributed by atoms with Crippen molar-refractivity contribution in [3.63, 3.8) is 0 Å². The normalized spacial score (nSPS) is 14.9. The van der Waals surface area contributed by atoms with Gasteiger partial charge in [0.1, 0.15) is 6.04 Å². The van der Waals surface area contributed by atoms with Crippen molar-refractivity contribution >= 4 is 51.1 Å². The minimum atomic E-state index is -0.531. The highest BCUT2D eigenvalue weighted by molar-refractivity contribution is 9.10. The molecule has 2 amide bonds. The summed E-state index contributed by atoms with van der Waals surface area (Å²) in [5.41, 5.74) is 2.12. The van der Waals surface area contributed by atoms with Crippen LogP contribution in [0.3, 0.4) is 0 Å². The molecule has 0 spiro atoms. The molecule has 0 aromatic heterocycles. The van der Waals surface area contributed by atoms with Gasteiger partial charge in [-0.15, -0.1) is 11.8 Å². The van der Waals surface area contributed by atoms with Crippen molar-refractivity contribution in [3.05, 3.63) is 69.2 Å². The van der Waals surface area contributed by atoms with Crippen LogP contribution in [0.25, 0.3) is 0 Å². The highest BCUT2D eigenvalue weighted by Crippen LogP contribution is 2.20. The number of hydrogen-bond acceptors (Lipinski definition) is 3. The van der Waals surface area contributed by atoms with E-state index in [1.54, 1.807) is 16.7 Å². The van der Waals surface area contributed by atoms with Gasteiger partial charge in [-0.3, -0.25) is 9.59 Å². The van der Waals surface area contributed by atoms with Crippen molar-refractivity contribution in [1.82, 2.24) is 10.2 Å². The van der Waals surface area contributed by atoms with Crippen LogP contribution >= 0.6 is 39.3 Å². The van der Waals surface area contributed by atoms with Gasteiger partial charge >= 0.3 is 0 Å². The highest BCUT2D eigenvalue weighted by atomic mass is 79.9. The number of thioether (sulfide) groups is 1. The lowest BCUT2D eigenvalue weighted by Gasteiger charge is -2.29. The Morgan fingerprint density at radius 2 is 1.71 bits per heavy atom. The topological polar surface area (TPSA) is 49.4 Å².